The predicted molar refractivity (Wildman–Crippen MR) is 112 cm³/mol. The van der Waals surface area contributed by atoms with E-state index in [1.54, 1.807) is 24.3 Å². The van der Waals surface area contributed by atoms with Gasteiger partial charge in [-0.15, -0.1) is 0 Å². The number of amidine groups is 2. The topological polar surface area (TPSA) is 282 Å². The van der Waals surface area contributed by atoms with Crippen LogP contribution in [0.25, 0.3) is 0 Å². The summed E-state index contributed by atoms with van der Waals surface area (Å²) in [7, 11) is 0. The Kier molecular flexibility index (Phi) is 7.69. The average molecular weight is 664 g/mol. The summed E-state index contributed by atoms with van der Waals surface area (Å²) in [4.78, 5) is 23.0. The summed E-state index contributed by atoms with van der Waals surface area (Å²) in [6.07, 6.45) is 0. The molecule has 0 aliphatic carbocycles. The molecule has 32 heavy (non-hydrogen) atoms. The standard InChI is InChI=1S/C14H18I2N16/c17-7(29-15-31-13-25-9(19)23-10(20)26-13)5-1-2-6(4-3-5)8(18)30-16-32-14-27-11(21)24-12(22)28-14/h1-4H,(H2,17,29)(H2,18,30)(H5,19,20,23,25,26,31)(H5,21,22,24,27,28,32)/q-2. The maximum atomic E-state index is 6.04. The van der Waals surface area contributed by atoms with E-state index in [4.69, 9.17) is 34.4 Å². The molecule has 2 heterocycles. The van der Waals surface area contributed by atoms with E-state index in [9.17, 15) is 0 Å². The number of rotatable bonds is 8. The number of aromatic nitrogens is 6. The number of halogens is 2. The summed E-state index contributed by atoms with van der Waals surface area (Å²) in [5.74, 6) is 1.29. The Labute approximate surface area is 203 Å². The van der Waals surface area contributed by atoms with Gasteiger partial charge >= 0.3 is 204 Å². The molecule has 0 aliphatic rings. The first-order chi connectivity index (χ1) is 15.3. The van der Waals surface area contributed by atoms with Crippen LogP contribution in [0.5, 0.6) is 0 Å². The minimum atomic E-state index is -0.939. The third kappa shape index (κ3) is 6.73. The zero-order chi connectivity index (χ0) is 23.1. The molecule has 170 valence electrons. The monoisotopic (exact) mass is 664 g/mol. The van der Waals surface area contributed by atoms with Crippen molar-refractivity contribution in [1.82, 2.24) is 29.9 Å². The van der Waals surface area contributed by atoms with Crippen LogP contribution in [0.2, 0.25) is 0 Å². The molecule has 0 radical (unpaired) electrons. The van der Waals surface area contributed by atoms with Crippen LogP contribution in [0, 0.1) is 0 Å². The van der Waals surface area contributed by atoms with Gasteiger partial charge in [0.05, 0.1) is 0 Å². The Morgan fingerprint density at radius 1 is 0.594 bits per heavy atom. The fourth-order valence-electron chi connectivity index (χ4n) is 2.02. The number of anilines is 6. The molecule has 0 fully saturated rings. The first-order valence-electron chi connectivity index (χ1n) is 8.40. The molecule has 0 unspecified atom stereocenters. The molecule has 0 aliphatic heterocycles. The summed E-state index contributed by atoms with van der Waals surface area (Å²) in [6, 6.07) is 7.16. The summed E-state index contributed by atoms with van der Waals surface area (Å²) >= 11 is -1.88. The molecule has 0 amide bonds. The number of nitrogens with one attached hydrogen (secondary N) is 2. The number of hydrogen-bond donors (Lipinski definition) is 8. The molecular formula is C14H18I2N16-2. The average Bonchev–Trinajstić information content (AvgIpc) is 2.72. The number of nitrogens with two attached hydrogens (primary N) is 6. The van der Waals surface area contributed by atoms with Gasteiger partial charge in [0.15, 0.2) is 0 Å². The second-order valence-corrected chi connectivity index (χ2v) is 8.63. The maximum absolute atomic E-state index is 6.04. The van der Waals surface area contributed by atoms with Gasteiger partial charge in [0.1, 0.15) is 0 Å². The van der Waals surface area contributed by atoms with Crippen molar-refractivity contribution in [2.75, 3.05) is 30.0 Å². The normalized spacial score (nSPS) is 12.1. The van der Waals surface area contributed by atoms with E-state index in [1.165, 1.54) is 0 Å². The Hall–Kier alpha value is -3.56. The molecule has 14 N–H and O–H groups in total. The van der Waals surface area contributed by atoms with Gasteiger partial charge in [0.25, 0.3) is 0 Å². The molecule has 3 rings (SSSR count). The Morgan fingerprint density at radius 2 is 0.906 bits per heavy atom. The molecule has 1 aromatic carbocycles. The van der Waals surface area contributed by atoms with Gasteiger partial charge in [0, 0.05) is 0 Å². The Balaban J connectivity index is 1.56. The summed E-state index contributed by atoms with van der Waals surface area (Å²) in [5.41, 5.74) is 35.6. The van der Waals surface area contributed by atoms with E-state index in [0.717, 1.165) is 11.1 Å². The molecule has 18 heteroatoms. The first kappa shape index (κ1) is 23.1. The van der Waals surface area contributed by atoms with Gasteiger partial charge in [-0.25, -0.2) is 0 Å². The second kappa shape index (κ2) is 10.7. The fraction of sp³-hybridized carbons (Fsp3) is 0. The van der Waals surface area contributed by atoms with Gasteiger partial charge in [-0.05, 0) is 0 Å². The van der Waals surface area contributed by atoms with Gasteiger partial charge < -0.3 is 0 Å². The van der Waals surface area contributed by atoms with Crippen molar-refractivity contribution in [1.29, 1.82) is 0 Å². The van der Waals surface area contributed by atoms with Crippen molar-refractivity contribution in [3.05, 3.63) is 35.4 Å². The van der Waals surface area contributed by atoms with Crippen molar-refractivity contribution in [3.8, 4) is 0 Å². The van der Waals surface area contributed by atoms with E-state index in [-0.39, 0.29) is 35.7 Å². The third-order valence-corrected chi connectivity index (χ3v) is 6.31. The van der Waals surface area contributed by atoms with Crippen LogP contribution in [-0.4, -0.2) is 41.6 Å². The minimum absolute atomic E-state index is 0.0231. The van der Waals surface area contributed by atoms with Gasteiger partial charge in [-0.3, -0.25) is 0 Å². The SMILES string of the molecule is NC(=N[I-]Nc1nc(N)nc(N)n1)c1ccc(C(N)=N[I-]Nc2nc(N)nc(N)n2)cc1. The Bertz CT molecular complexity index is 1020. The number of hydrogen-bond acceptors (Lipinski definition) is 14. The third-order valence-electron chi connectivity index (χ3n) is 3.34. The summed E-state index contributed by atoms with van der Waals surface area (Å²) in [6.45, 7) is 0. The van der Waals surface area contributed by atoms with Crippen molar-refractivity contribution in [3.63, 3.8) is 0 Å². The second-order valence-electron chi connectivity index (χ2n) is 5.63. The summed E-state index contributed by atoms with van der Waals surface area (Å²) in [5, 5.41) is 0. The number of nitrogens with zero attached hydrogens (tertiary/aromatic N) is 8. The van der Waals surface area contributed by atoms with Crippen LogP contribution in [0.3, 0.4) is 0 Å². The van der Waals surface area contributed by atoms with Crippen LogP contribution >= 0.6 is 0 Å². The fourth-order valence-corrected chi connectivity index (χ4v) is 4.25. The number of nitrogen functional groups attached to an aromatic ring is 4. The molecule has 0 saturated heterocycles. The zero-order valence-electron chi connectivity index (χ0n) is 16.1. The summed E-state index contributed by atoms with van der Waals surface area (Å²) < 4.78 is 14.5. The molecule has 0 saturated carbocycles. The molecule has 0 bridgehead atoms. The molecule has 0 atom stereocenters. The van der Waals surface area contributed by atoms with Gasteiger partial charge in [-0.2, -0.15) is 0 Å². The quantitative estimate of drug-likeness (QED) is 0.0481. The van der Waals surface area contributed by atoms with Crippen LogP contribution in [0.4, 0.5) is 35.7 Å². The first-order valence-corrected chi connectivity index (χ1v) is 12.5. The van der Waals surface area contributed by atoms with E-state index >= 15 is 0 Å². The molecular weight excluding hydrogens is 646 g/mol. The van der Waals surface area contributed by atoms with Crippen molar-refractivity contribution in [2.45, 2.75) is 0 Å². The van der Waals surface area contributed by atoms with Crippen LogP contribution in [-0.2, 0) is 0 Å². The van der Waals surface area contributed by atoms with Gasteiger partial charge in [-0.1, -0.05) is 0 Å². The van der Waals surface area contributed by atoms with Crippen LogP contribution in [0.1, 0.15) is 11.1 Å². The van der Waals surface area contributed by atoms with Crippen molar-refractivity contribution < 1.29 is 43.5 Å². The van der Waals surface area contributed by atoms with Crippen LogP contribution < -0.4 is 85.0 Å². The molecule has 3 aromatic rings. The van der Waals surface area contributed by atoms with E-state index in [0.29, 0.717) is 11.7 Å². The van der Waals surface area contributed by atoms with Crippen LogP contribution in [0.15, 0.2) is 30.7 Å². The van der Waals surface area contributed by atoms with E-state index in [1.807, 2.05) is 0 Å². The van der Waals surface area contributed by atoms with E-state index < -0.39 is 43.5 Å². The molecule has 16 nitrogen and oxygen atoms in total. The number of benzene rings is 1. The zero-order valence-corrected chi connectivity index (χ0v) is 20.4. The van der Waals surface area contributed by atoms with Crippen molar-refractivity contribution in [2.24, 2.45) is 17.9 Å². The molecule has 0 spiro atoms. The van der Waals surface area contributed by atoms with E-state index in [2.05, 4.69) is 43.4 Å². The Morgan fingerprint density at radius 3 is 1.22 bits per heavy atom. The van der Waals surface area contributed by atoms with Crippen molar-refractivity contribution >= 4 is 47.4 Å². The molecule has 2 aromatic heterocycles. The van der Waals surface area contributed by atoms with Gasteiger partial charge in [0.2, 0.25) is 0 Å². The predicted octanol–water partition coefficient (Wildman–Crippen LogP) is -8.14.